The Labute approximate surface area is 110 Å². The van der Waals surface area contributed by atoms with Crippen LogP contribution in [0, 0.1) is 5.82 Å². The highest BCUT2D eigenvalue weighted by molar-refractivity contribution is 5.90. The van der Waals surface area contributed by atoms with Crippen molar-refractivity contribution in [3.8, 4) is 0 Å². The summed E-state index contributed by atoms with van der Waals surface area (Å²) in [5, 5.41) is 0.664. The highest BCUT2D eigenvalue weighted by atomic mass is 19.1. The molecule has 2 aromatic carbocycles. The Bertz CT molecular complexity index is 723. The van der Waals surface area contributed by atoms with Crippen LogP contribution >= 0.6 is 0 Å². The predicted molar refractivity (Wildman–Crippen MR) is 75.4 cm³/mol. The van der Waals surface area contributed by atoms with Gasteiger partial charge >= 0.3 is 0 Å². The van der Waals surface area contributed by atoms with Gasteiger partial charge in [-0.3, -0.25) is 4.98 Å². The van der Waals surface area contributed by atoms with Crippen LogP contribution in [0.15, 0.2) is 54.6 Å². The van der Waals surface area contributed by atoms with Crippen molar-refractivity contribution < 1.29 is 4.39 Å². The second-order valence-electron chi connectivity index (χ2n) is 4.53. The lowest BCUT2D eigenvalue weighted by atomic mass is 10.1. The maximum absolute atomic E-state index is 13.2. The van der Waals surface area contributed by atoms with Gasteiger partial charge in [-0.25, -0.2) is 4.39 Å². The summed E-state index contributed by atoms with van der Waals surface area (Å²) in [6.45, 7) is 0. The van der Waals surface area contributed by atoms with E-state index < -0.39 is 0 Å². The van der Waals surface area contributed by atoms with Crippen LogP contribution in [0.3, 0.4) is 0 Å². The molecule has 1 aromatic heterocycles. The van der Waals surface area contributed by atoms with E-state index in [2.05, 4.69) is 4.98 Å². The molecule has 0 saturated heterocycles. The zero-order valence-corrected chi connectivity index (χ0v) is 10.3. The molecular formula is C16H13FN2. The summed E-state index contributed by atoms with van der Waals surface area (Å²) in [4.78, 5) is 4.53. The first kappa shape index (κ1) is 11.7. The number of pyridine rings is 1. The van der Waals surface area contributed by atoms with E-state index in [1.165, 1.54) is 17.7 Å². The third-order valence-electron chi connectivity index (χ3n) is 3.08. The number of rotatable bonds is 2. The molecule has 19 heavy (non-hydrogen) atoms. The van der Waals surface area contributed by atoms with Gasteiger partial charge in [0.05, 0.1) is 5.52 Å². The number of benzene rings is 2. The molecule has 0 aliphatic carbocycles. The molecule has 3 heteroatoms. The number of aromatic nitrogens is 1. The van der Waals surface area contributed by atoms with Gasteiger partial charge in [0.25, 0.3) is 0 Å². The van der Waals surface area contributed by atoms with E-state index in [4.69, 9.17) is 5.73 Å². The molecule has 0 bridgehead atoms. The lowest BCUT2D eigenvalue weighted by molar-refractivity contribution is 0.629. The van der Waals surface area contributed by atoms with Gasteiger partial charge in [0, 0.05) is 23.2 Å². The van der Waals surface area contributed by atoms with E-state index in [1.54, 1.807) is 6.07 Å². The van der Waals surface area contributed by atoms with Crippen molar-refractivity contribution in [3.63, 3.8) is 0 Å². The Balaban J connectivity index is 2.04. The summed E-state index contributed by atoms with van der Waals surface area (Å²) in [7, 11) is 0. The van der Waals surface area contributed by atoms with Crippen LogP contribution in [-0.2, 0) is 6.42 Å². The Hall–Kier alpha value is -2.42. The van der Waals surface area contributed by atoms with Crippen molar-refractivity contribution in [2.75, 3.05) is 5.73 Å². The molecule has 0 amide bonds. The van der Waals surface area contributed by atoms with Gasteiger partial charge in [-0.2, -0.15) is 0 Å². The number of hydrogen-bond donors (Lipinski definition) is 1. The predicted octanol–water partition coefficient (Wildman–Crippen LogP) is 3.55. The highest BCUT2D eigenvalue weighted by Gasteiger charge is 2.05. The van der Waals surface area contributed by atoms with E-state index in [-0.39, 0.29) is 5.82 Å². The first-order valence-electron chi connectivity index (χ1n) is 6.11. The number of hydrogen-bond acceptors (Lipinski definition) is 2. The summed E-state index contributed by atoms with van der Waals surface area (Å²) in [5.41, 5.74) is 9.34. The monoisotopic (exact) mass is 252 g/mol. The molecule has 0 aliphatic heterocycles. The lowest BCUT2D eigenvalue weighted by Crippen LogP contribution is -1.97. The summed E-state index contributed by atoms with van der Waals surface area (Å²) in [5.74, 6) is -0.295. The summed E-state index contributed by atoms with van der Waals surface area (Å²) in [6.07, 6.45) is 0.721. The van der Waals surface area contributed by atoms with Gasteiger partial charge in [0.15, 0.2) is 0 Å². The second kappa shape index (κ2) is 4.69. The standard InChI is InChI=1S/C16H13FN2/c17-12-6-7-16-14(9-12)15(18)10-13(19-16)8-11-4-2-1-3-5-11/h1-7,9-10H,8H2,(H2,18,19). The number of nitrogens with zero attached hydrogens (tertiary/aromatic N) is 1. The average molecular weight is 252 g/mol. The number of anilines is 1. The normalized spacial score (nSPS) is 10.8. The fourth-order valence-electron chi connectivity index (χ4n) is 2.18. The molecule has 0 unspecified atom stereocenters. The highest BCUT2D eigenvalue weighted by Crippen LogP contribution is 2.22. The van der Waals surface area contributed by atoms with E-state index in [0.29, 0.717) is 11.1 Å². The summed E-state index contributed by atoms with van der Waals surface area (Å²) < 4.78 is 13.2. The fourth-order valence-corrected chi connectivity index (χ4v) is 2.18. The minimum absolute atomic E-state index is 0.295. The fraction of sp³-hybridized carbons (Fsp3) is 0.0625. The molecule has 0 atom stereocenters. The molecule has 3 aromatic rings. The van der Waals surface area contributed by atoms with Gasteiger partial charge in [-0.15, -0.1) is 0 Å². The average Bonchev–Trinajstić information content (AvgIpc) is 2.41. The van der Waals surface area contributed by atoms with Crippen molar-refractivity contribution in [1.29, 1.82) is 0 Å². The first-order chi connectivity index (χ1) is 9.22. The third kappa shape index (κ3) is 2.40. The molecule has 0 radical (unpaired) electrons. The first-order valence-corrected chi connectivity index (χ1v) is 6.11. The van der Waals surface area contributed by atoms with Crippen molar-refractivity contribution >= 4 is 16.6 Å². The van der Waals surface area contributed by atoms with Crippen molar-refractivity contribution in [2.45, 2.75) is 6.42 Å². The zero-order valence-electron chi connectivity index (χ0n) is 10.3. The number of halogens is 1. The van der Waals surface area contributed by atoms with Crippen LogP contribution in [0.25, 0.3) is 10.9 Å². The van der Waals surface area contributed by atoms with E-state index in [9.17, 15) is 4.39 Å². The SMILES string of the molecule is Nc1cc(Cc2ccccc2)nc2ccc(F)cc12. The van der Waals surface area contributed by atoms with Crippen molar-refractivity contribution in [1.82, 2.24) is 4.98 Å². The Morgan fingerprint density at radius 3 is 2.58 bits per heavy atom. The van der Waals surface area contributed by atoms with Crippen LogP contribution in [0.4, 0.5) is 10.1 Å². The van der Waals surface area contributed by atoms with Gasteiger partial charge < -0.3 is 5.73 Å². The second-order valence-corrected chi connectivity index (χ2v) is 4.53. The van der Waals surface area contributed by atoms with Gasteiger partial charge in [0.2, 0.25) is 0 Å². The molecular weight excluding hydrogens is 239 g/mol. The van der Waals surface area contributed by atoms with E-state index >= 15 is 0 Å². The minimum atomic E-state index is -0.295. The maximum Gasteiger partial charge on any atom is 0.124 e. The minimum Gasteiger partial charge on any atom is -0.398 e. The van der Waals surface area contributed by atoms with Crippen molar-refractivity contribution in [2.24, 2.45) is 0 Å². The molecule has 94 valence electrons. The molecule has 0 aliphatic rings. The van der Waals surface area contributed by atoms with Crippen LogP contribution < -0.4 is 5.73 Å². The lowest BCUT2D eigenvalue weighted by Gasteiger charge is -2.06. The largest absolute Gasteiger partial charge is 0.398 e. The molecule has 1 heterocycles. The molecule has 0 saturated carbocycles. The Kier molecular flexibility index (Phi) is 2.88. The number of fused-ring (bicyclic) bond motifs is 1. The van der Waals surface area contributed by atoms with Crippen LogP contribution in [0.2, 0.25) is 0 Å². The molecule has 0 spiro atoms. The summed E-state index contributed by atoms with van der Waals surface area (Å²) >= 11 is 0. The Morgan fingerprint density at radius 1 is 1.00 bits per heavy atom. The molecule has 2 nitrogen and oxygen atoms in total. The molecule has 2 N–H and O–H groups in total. The topological polar surface area (TPSA) is 38.9 Å². The Morgan fingerprint density at radius 2 is 1.79 bits per heavy atom. The number of nitrogen functional groups attached to an aromatic ring is 1. The van der Waals surface area contributed by atoms with E-state index in [1.807, 2.05) is 36.4 Å². The smallest absolute Gasteiger partial charge is 0.124 e. The van der Waals surface area contributed by atoms with Gasteiger partial charge in [-0.05, 0) is 29.8 Å². The maximum atomic E-state index is 13.2. The molecule has 3 rings (SSSR count). The van der Waals surface area contributed by atoms with Crippen LogP contribution in [0.5, 0.6) is 0 Å². The molecule has 0 fully saturated rings. The quantitative estimate of drug-likeness (QED) is 0.757. The van der Waals surface area contributed by atoms with Gasteiger partial charge in [-0.1, -0.05) is 30.3 Å². The van der Waals surface area contributed by atoms with E-state index in [0.717, 1.165) is 17.6 Å². The third-order valence-corrected chi connectivity index (χ3v) is 3.08. The zero-order chi connectivity index (χ0) is 13.2. The van der Waals surface area contributed by atoms with Crippen molar-refractivity contribution in [3.05, 3.63) is 71.7 Å². The van der Waals surface area contributed by atoms with Gasteiger partial charge in [0.1, 0.15) is 5.82 Å². The number of nitrogens with two attached hydrogens (primary N) is 1. The van der Waals surface area contributed by atoms with Crippen LogP contribution in [-0.4, -0.2) is 4.98 Å². The summed E-state index contributed by atoms with van der Waals surface area (Å²) in [6, 6.07) is 16.4. The van der Waals surface area contributed by atoms with Crippen LogP contribution in [0.1, 0.15) is 11.3 Å².